The summed E-state index contributed by atoms with van der Waals surface area (Å²) in [5.41, 5.74) is 7.97. The highest BCUT2D eigenvalue weighted by Crippen LogP contribution is 2.44. The van der Waals surface area contributed by atoms with Crippen LogP contribution in [0.15, 0.2) is 85.2 Å². The maximum atomic E-state index is 12.5. The molecule has 0 spiro atoms. The predicted octanol–water partition coefficient (Wildman–Crippen LogP) is 5.92. The van der Waals surface area contributed by atoms with E-state index in [0.717, 1.165) is 16.7 Å². The van der Waals surface area contributed by atoms with Crippen molar-refractivity contribution in [3.05, 3.63) is 107 Å². The number of hydrogen-bond donors (Lipinski definition) is 1. The van der Waals surface area contributed by atoms with E-state index in [0.29, 0.717) is 18.9 Å². The number of alkyl carbamates (subject to hydrolysis) is 1. The molecule has 34 heavy (non-hydrogen) atoms. The summed E-state index contributed by atoms with van der Waals surface area (Å²) in [6.07, 6.45) is 3.86. The number of rotatable bonds is 6. The molecule has 0 saturated carbocycles. The first kappa shape index (κ1) is 21.8. The molecule has 0 bridgehead atoms. The average molecular weight is 450 g/mol. The van der Waals surface area contributed by atoms with Crippen molar-refractivity contribution in [3.8, 4) is 22.5 Å². The lowest BCUT2D eigenvalue weighted by atomic mass is 9.98. The first-order valence-electron chi connectivity index (χ1n) is 11.6. The molecule has 0 radical (unpaired) electrons. The van der Waals surface area contributed by atoms with Gasteiger partial charge in [-0.25, -0.2) is 14.8 Å². The second-order valence-electron chi connectivity index (χ2n) is 8.80. The third kappa shape index (κ3) is 4.42. The summed E-state index contributed by atoms with van der Waals surface area (Å²) in [7, 11) is 0. The Labute approximate surface area is 199 Å². The minimum absolute atomic E-state index is 0.0517. The number of carbonyl (C=O) groups is 1. The number of amides is 1. The van der Waals surface area contributed by atoms with Gasteiger partial charge in [0.05, 0.1) is 0 Å². The Bertz CT molecular complexity index is 1270. The van der Waals surface area contributed by atoms with E-state index in [1.165, 1.54) is 22.3 Å². The van der Waals surface area contributed by atoms with Gasteiger partial charge in [-0.15, -0.1) is 0 Å². The molecule has 170 valence electrons. The van der Waals surface area contributed by atoms with Gasteiger partial charge in [0.15, 0.2) is 5.82 Å². The van der Waals surface area contributed by atoms with Crippen LogP contribution in [0.1, 0.15) is 35.1 Å². The third-order valence-electron chi connectivity index (χ3n) is 6.34. The van der Waals surface area contributed by atoms with E-state index < -0.39 is 6.09 Å². The van der Waals surface area contributed by atoms with Crippen molar-refractivity contribution in [2.24, 2.45) is 0 Å². The highest BCUT2D eigenvalue weighted by molar-refractivity contribution is 5.79. The Balaban J connectivity index is 1.18. The molecule has 1 atom stereocenters. The molecular weight excluding hydrogens is 422 g/mol. The molecule has 3 aromatic carbocycles. The SMILES string of the molecule is Cc1ccccc1-c1ncc(C[C@@H](C)NC(=O)OCC2c3ccccc3-c3ccccc32)cn1. The van der Waals surface area contributed by atoms with Gasteiger partial charge in [-0.1, -0.05) is 72.8 Å². The standard InChI is InChI=1S/C29H27N3O2/c1-19-9-3-4-10-22(19)28-30-16-21(17-31-28)15-20(2)32-29(33)34-18-27-25-13-7-5-11-23(25)24-12-6-8-14-26(24)27/h3-14,16-17,20,27H,15,18H2,1-2H3,(H,32,33)/t20-/m1/s1. The van der Waals surface area contributed by atoms with Crippen molar-refractivity contribution in [2.45, 2.75) is 32.2 Å². The molecular formula is C29H27N3O2. The van der Waals surface area contributed by atoms with Gasteiger partial charge in [-0.2, -0.15) is 0 Å². The fraction of sp³-hybridized carbons (Fsp3) is 0.207. The van der Waals surface area contributed by atoms with E-state index in [4.69, 9.17) is 4.74 Å². The summed E-state index contributed by atoms with van der Waals surface area (Å²) >= 11 is 0. The quantitative estimate of drug-likeness (QED) is 0.397. The van der Waals surface area contributed by atoms with Gasteiger partial charge >= 0.3 is 6.09 Å². The van der Waals surface area contributed by atoms with E-state index in [-0.39, 0.29) is 12.0 Å². The summed E-state index contributed by atoms with van der Waals surface area (Å²) < 4.78 is 5.66. The first-order chi connectivity index (χ1) is 16.6. The third-order valence-corrected chi connectivity index (χ3v) is 6.34. The van der Waals surface area contributed by atoms with Gasteiger partial charge in [0, 0.05) is 29.9 Å². The smallest absolute Gasteiger partial charge is 0.407 e. The van der Waals surface area contributed by atoms with Gasteiger partial charge in [0.1, 0.15) is 6.61 Å². The molecule has 0 unspecified atom stereocenters. The minimum Gasteiger partial charge on any atom is -0.449 e. The normalized spacial score (nSPS) is 13.1. The Kier molecular flexibility index (Phi) is 6.09. The van der Waals surface area contributed by atoms with Crippen LogP contribution in [-0.2, 0) is 11.2 Å². The number of nitrogens with zero attached hydrogens (tertiary/aromatic N) is 2. The summed E-state index contributed by atoms with van der Waals surface area (Å²) in [5, 5.41) is 2.94. The summed E-state index contributed by atoms with van der Waals surface area (Å²) in [5.74, 6) is 0.759. The van der Waals surface area contributed by atoms with Crippen LogP contribution in [0, 0.1) is 6.92 Å². The van der Waals surface area contributed by atoms with Crippen molar-refractivity contribution < 1.29 is 9.53 Å². The Morgan fingerprint density at radius 1 is 0.882 bits per heavy atom. The maximum absolute atomic E-state index is 12.5. The average Bonchev–Trinajstić information content (AvgIpc) is 3.17. The number of nitrogens with one attached hydrogen (secondary N) is 1. The predicted molar refractivity (Wildman–Crippen MR) is 134 cm³/mol. The molecule has 1 amide bonds. The van der Waals surface area contributed by atoms with Crippen molar-refractivity contribution >= 4 is 6.09 Å². The molecule has 1 aliphatic carbocycles. The number of fused-ring (bicyclic) bond motifs is 3. The number of carbonyl (C=O) groups excluding carboxylic acids is 1. The summed E-state index contributed by atoms with van der Waals surface area (Å²) in [4.78, 5) is 21.6. The van der Waals surface area contributed by atoms with Gasteiger partial charge in [0.25, 0.3) is 0 Å². The van der Waals surface area contributed by atoms with Crippen LogP contribution in [-0.4, -0.2) is 28.7 Å². The molecule has 5 rings (SSSR count). The maximum Gasteiger partial charge on any atom is 0.407 e. The second-order valence-corrected chi connectivity index (χ2v) is 8.80. The molecule has 1 heterocycles. The summed E-state index contributed by atoms with van der Waals surface area (Å²) in [6, 6.07) is 24.6. The topological polar surface area (TPSA) is 64.1 Å². The van der Waals surface area contributed by atoms with Crippen LogP contribution in [0.2, 0.25) is 0 Å². The van der Waals surface area contributed by atoms with Crippen LogP contribution in [0.3, 0.4) is 0 Å². The number of benzene rings is 3. The lowest BCUT2D eigenvalue weighted by molar-refractivity contribution is 0.139. The molecule has 1 N–H and O–H groups in total. The zero-order chi connectivity index (χ0) is 23.5. The van der Waals surface area contributed by atoms with Crippen LogP contribution in [0.5, 0.6) is 0 Å². The summed E-state index contributed by atoms with van der Waals surface area (Å²) in [6.45, 7) is 4.31. The monoisotopic (exact) mass is 449 g/mol. The number of aromatic nitrogens is 2. The Hall–Kier alpha value is -3.99. The number of hydrogen-bond acceptors (Lipinski definition) is 4. The molecule has 1 aliphatic rings. The van der Waals surface area contributed by atoms with Gasteiger partial charge in [0.2, 0.25) is 0 Å². The van der Waals surface area contributed by atoms with Crippen molar-refractivity contribution in [1.82, 2.24) is 15.3 Å². The van der Waals surface area contributed by atoms with Crippen molar-refractivity contribution in [1.29, 1.82) is 0 Å². The van der Waals surface area contributed by atoms with E-state index in [1.54, 1.807) is 0 Å². The number of ether oxygens (including phenoxy) is 1. The second kappa shape index (κ2) is 9.48. The molecule has 4 aromatic rings. The van der Waals surface area contributed by atoms with Crippen LogP contribution in [0.4, 0.5) is 4.79 Å². The molecule has 0 saturated heterocycles. The van der Waals surface area contributed by atoms with E-state index in [2.05, 4.69) is 39.6 Å². The van der Waals surface area contributed by atoms with Gasteiger partial charge in [-0.05, 0) is 53.6 Å². The molecule has 1 aromatic heterocycles. The van der Waals surface area contributed by atoms with E-state index in [9.17, 15) is 4.79 Å². The first-order valence-corrected chi connectivity index (χ1v) is 11.6. The fourth-order valence-corrected chi connectivity index (χ4v) is 4.67. The molecule has 0 aliphatic heterocycles. The fourth-order valence-electron chi connectivity index (χ4n) is 4.67. The van der Waals surface area contributed by atoms with E-state index >= 15 is 0 Å². The van der Waals surface area contributed by atoms with Crippen molar-refractivity contribution in [2.75, 3.05) is 6.61 Å². The zero-order valence-electron chi connectivity index (χ0n) is 19.4. The van der Waals surface area contributed by atoms with E-state index in [1.807, 2.05) is 74.8 Å². The molecule has 0 fully saturated rings. The van der Waals surface area contributed by atoms with Crippen LogP contribution >= 0.6 is 0 Å². The van der Waals surface area contributed by atoms with Crippen LogP contribution in [0.25, 0.3) is 22.5 Å². The number of aryl methyl sites for hydroxylation is 1. The molecule has 5 heteroatoms. The Morgan fingerprint density at radius 3 is 2.06 bits per heavy atom. The van der Waals surface area contributed by atoms with Gasteiger partial charge < -0.3 is 10.1 Å². The Morgan fingerprint density at radius 2 is 1.44 bits per heavy atom. The molecule has 5 nitrogen and oxygen atoms in total. The zero-order valence-corrected chi connectivity index (χ0v) is 19.4. The lowest BCUT2D eigenvalue weighted by Gasteiger charge is -2.17. The highest BCUT2D eigenvalue weighted by atomic mass is 16.5. The van der Waals surface area contributed by atoms with Crippen LogP contribution < -0.4 is 5.32 Å². The highest BCUT2D eigenvalue weighted by Gasteiger charge is 2.29. The minimum atomic E-state index is -0.410. The lowest BCUT2D eigenvalue weighted by Crippen LogP contribution is -2.35. The van der Waals surface area contributed by atoms with Gasteiger partial charge in [-0.3, -0.25) is 0 Å². The van der Waals surface area contributed by atoms with Crippen molar-refractivity contribution in [3.63, 3.8) is 0 Å². The largest absolute Gasteiger partial charge is 0.449 e.